The standard InChI is InChI=1S/C27H28ClF5N4O3S/c1-3-22(38)36-4-6-37(7-5-36)26(34)17-10-18(27(31,32)33)23(16-11-19(28)21(30)12-20(16)29)25-24(17)35-13-15(14-41-25)40-9-8-39-2/h3,10-12,15,34-35H,1,4-9,13-14H2,2H3. The number of carbonyl (C=O) groups excluding carboxylic acids is 1. The molecule has 0 radical (unpaired) electrons. The summed E-state index contributed by atoms with van der Waals surface area (Å²) in [6.45, 7) is 5.18. The van der Waals surface area contributed by atoms with Gasteiger partial charge in [0.2, 0.25) is 5.91 Å². The predicted molar refractivity (Wildman–Crippen MR) is 148 cm³/mol. The Morgan fingerprint density at radius 3 is 2.49 bits per heavy atom. The van der Waals surface area contributed by atoms with Crippen molar-refractivity contribution in [3.8, 4) is 11.1 Å². The molecule has 1 saturated heterocycles. The zero-order valence-corrected chi connectivity index (χ0v) is 23.6. The molecule has 2 aromatic rings. The van der Waals surface area contributed by atoms with Gasteiger partial charge < -0.3 is 24.6 Å². The highest BCUT2D eigenvalue weighted by molar-refractivity contribution is 7.99. The topological polar surface area (TPSA) is 77.9 Å². The minimum atomic E-state index is -4.96. The molecule has 2 aliphatic heterocycles. The Hall–Kier alpha value is -2.87. The molecule has 0 spiro atoms. The molecule has 1 unspecified atom stereocenters. The Morgan fingerprint density at radius 2 is 1.85 bits per heavy atom. The average molecular weight is 619 g/mol. The Kier molecular flexibility index (Phi) is 9.83. The van der Waals surface area contributed by atoms with Crippen molar-refractivity contribution in [2.24, 2.45) is 0 Å². The molecule has 0 saturated carbocycles. The van der Waals surface area contributed by atoms with E-state index in [4.69, 9.17) is 26.5 Å². The van der Waals surface area contributed by atoms with Gasteiger partial charge in [0.05, 0.1) is 35.6 Å². The SMILES string of the molecule is C=CC(=O)N1CCN(C(=N)c2cc(C(F)(F)F)c(-c3cc(Cl)c(F)cc3F)c3c2NCC(OCCOC)CS3)CC1. The molecule has 222 valence electrons. The number of thioether (sulfide) groups is 1. The molecule has 0 bridgehead atoms. The lowest BCUT2D eigenvalue weighted by Crippen LogP contribution is -2.50. The van der Waals surface area contributed by atoms with Gasteiger partial charge in [-0.1, -0.05) is 18.2 Å². The van der Waals surface area contributed by atoms with Crippen LogP contribution >= 0.6 is 23.4 Å². The van der Waals surface area contributed by atoms with Gasteiger partial charge in [-0.2, -0.15) is 13.2 Å². The minimum Gasteiger partial charge on any atom is -0.382 e. The third kappa shape index (κ3) is 6.79. The quantitative estimate of drug-likeness (QED) is 0.106. The fourth-order valence-corrected chi connectivity index (χ4v) is 6.10. The molecule has 2 aliphatic rings. The maximum atomic E-state index is 15.1. The van der Waals surface area contributed by atoms with Crippen LogP contribution in [-0.2, 0) is 20.4 Å². The van der Waals surface area contributed by atoms with Crippen LogP contribution in [0.4, 0.5) is 27.6 Å². The number of carbonyl (C=O) groups is 1. The van der Waals surface area contributed by atoms with E-state index in [1.54, 1.807) is 9.80 Å². The second kappa shape index (κ2) is 13.0. The Bertz CT molecular complexity index is 1340. The van der Waals surface area contributed by atoms with E-state index in [0.717, 1.165) is 23.9 Å². The van der Waals surface area contributed by atoms with E-state index in [2.05, 4.69) is 11.9 Å². The first-order valence-electron chi connectivity index (χ1n) is 12.6. The van der Waals surface area contributed by atoms with Crippen molar-refractivity contribution in [3.05, 3.63) is 58.6 Å². The van der Waals surface area contributed by atoms with Crippen molar-refractivity contribution in [1.29, 1.82) is 5.41 Å². The Labute approximate surface area is 243 Å². The number of hydrogen-bond donors (Lipinski definition) is 2. The van der Waals surface area contributed by atoms with Gasteiger partial charge in [0, 0.05) is 73.2 Å². The first-order chi connectivity index (χ1) is 19.5. The van der Waals surface area contributed by atoms with Crippen LogP contribution in [-0.4, -0.2) is 86.4 Å². The Balaban J connectivity index is 1.84. The number of ether oxygens (including phenoxy) is 2. The summed E-state index contributed by atoms with van der Waals surface area (Å²) in [5, 5.41) is 11.5. The fourth-order valence-electron chi connectivity index (χ4n) is 4.68. The van der Waals surface area contributed by atoms with Crippen LogP contribution < -0.4 is 5.32 Å². The van der Waals surface area contributed by atoms with Crippen LogP contribution in [0.3, 0.4) is 0 Å². The lowest BCUT2D eigenvalue weighted by molar-refractivity contribution is -0.137. The predicted octanol–water partition coefficient (Wildman–Crippen LogP) is 5.51. The summed E-state index contributed by atoms with van der Waals surface area (Å²) in [6, 6.07) is 2.11. The van der Waals surface area contributed by atoms with Gasteiger partial charge in [-0.15, -0.1) is 11.8 Å². The van der Waals surface area contributed by atoms with Crippen LogP contribution in [0.5, 0.6) is 0 Å². The van der Waals surface area contributed by atoms with Crippen molar-refractivity contribution in [1.82, 2.24) is 9.80 Å². The van der Waals surface area contributed by atoms with Gasteiger partial charge in [-0.25, -0.2) is 8.78 Å². The number of halogens is 6. The molecule has 2 heterocycles. The number of rotatable bonds is 7. The number of amidine groups is 1. The van der Waals surface area contributed by atoms with Crippen molar-refractivity contribution in [2.75, 3.05) is 64.1 Å². The van der Waals surface area contributed by atoms with Crippen molar-refractivity contribution in [3.63, 3.8) is 0 Å². The molecule has 0 aromatic heterocycles. The molecule has 2 aromatic carbocycles. The molecular formula is C27H28ClF5N4O3S. The number of methoxy groups -OCH3 is 1. The fraction of sp³-hybridized carbons (Fsp3) is 0.407. The van der Waals surface area contributed by atoms with E-state index in [1.165, 1.54) is 13.2 Å². The van der Waals surface area contributed by atoms with E-state index in [1.807, 2.05) is 0 Å². The number of fused-ring (bicyclic) bond motifs is 1. The number of alkyl halides is 3. The highest BCUT2D eigenvalue weighted by Crippen LogP contribution is 2.49. The number of nitrogens with zero attached hydrogens (tertiary/aromatic N) is 2. The van der Waals surface area contributed by atoms with Crippen molar-refractivity contribution < 1.29 is 36.2 Å². The van der Waals surface area contributed by atoms with Crippen molar-refractivity contribution in [2.45, 2.75) is 17.2 Å². The summed E-state index contributed by atoms with van der Waals surface area (Å²) >= 11 is 6.91. The number of benzene rings is 2. The first-order valence-corrected chi connectivity index (χ1v) is 14.0. The molecular weight excluding hydrogens is 591 g/mol. The largest absolute Gasteiger partial charge is 0.417 e. The van der Waals surface area contributed by atoms with Crippen LogP contribution in [0.15, 0.2) is 35.7 Å². The molecule has 0 aliphatic carbocycles. The van der Waals surface area contributed by atoms with Crippen molar-refractivity contribution >= 4 is 40.8 Å². The van der Waals surface area contributed by atoms with Gasteiger partial charge in [0.25, 0.3) is 0 Å². The second-order valence-electron chi connectivity index (χ2n) is 9.34. The summed E-state index contributed by atoms with van der Waals surface area (Å²) < 4.78 is 83.8. The van der Waals surface area contributed by atoms with Gasteiger partial charge in [-0.05, 0) is 18.2 Å². The maximum absolute atomic E-state index is 15.1. The smallest absolute Gasteiger partial charge is 0.382 e. The highest BCUT2D eigenvalue weighted by Gasteiger charge is 2.40. The molecule has 2 N–H and O–H groups in total. The molecule has 1 amide bonds. The summed E-state index contributed by atoms with van der Waals surface area (Å²) in [4.78, 5) is 15.1. The number of anilines is 1. The van der Waals surface area contributed by atoms with Crippen LogP contribution in [0.1, 0.15) is 11.1 Å². The molecule has 41 heavy (non-hydrogen) atoms. The number of piperazine rings is 1. The molecule has 14 heteroatoms. The summed E-state index contributed by atoms with van der Waals surface area (Å²) in [5.41, 5.74) is -2.04. The monoisotopic (exact) mass is 618 g/mol. The average Bonchev–Trinajstić information content (AvgIpc) is 3.16. The van der Waals surface area contributed by atoms with Crippen LogP contribution in [0, 0.1) is 17.0 Å². The van der Waals surface area contributed by atoms with Gasteiger partial charge in [0.15, 0.2) is 0 Å². The Morgan fingerprint density at radius 1 is 1.17 bits per heavy atom. The van der Waals surface area contributed by atoms with E-state index in [0.29, 0.717) is 12.7 Å². The third-order valence-electron chi connectivity index (χ3n) is 6.76. The van der Waals surface area contributed by atoms with E-state index < -0.39 is 45.6 Å². The maximum Gasteiger partial charge on any atom is 0.417 e. The summed E-state index contributed by atoms with van der Waals surface area (Å²) in [7, 11) is 1.51. The number of amides is 1. The third-order valence-corrected chi connectivity index (χ3v) is 8.29. The van der Waals surface area contributed by atoms with Crippen LogP contribution in [0.25, 0.3) is 11.1 Å². The number of hydrogen-bond acceptors (Lipinski definition) is 6. The highest BCUT2D eigenvalue weighted by atomic mass is 35.5. The van der Waals surface area contributed by atoms with E-state index in [-0.39, 0.29) is 73.0 Å². The van der Waals surface area contributed by atoms with Gasteiger partial charge in [-0.3, -0.25) is 10.2 Å². The first kappa shape index (κ1) is 31.1. The second-order valence-corrected chi connectivity index (χ2v) is 10.8. The molecule has 7 nitrogen and oxygen atoms in total. The normalized spacial score (nSPS) is 17.5. The summed E-state index contributed by atoms with van der Waals surface area (Å²) in [5.74, 6) is -2.55. The zero-order chi connectivity index (χ0) is 29.9. The van der Waals surface area contributed by atoms with E-state index >= 15 is 4.39 Å². The van der Waals surface area contributed by atoms with Crippen LogP contribution in [0.2, 0.25) is 5.02 Å². The minimum absolute atomic E-state index is 0.0412. The van der Waals surface area contributed by atoms with E-state index in [9.17, 15) is 22.4 Å². The molecule has 1 atom stereocenters. The zero-order valence-electron chi connectivity index (χ0n) is 22.0. The molecule has 1 fully saturated rings. The summed E-state index contributed by atoms with van der Waals surface area (Å²) in [6.07, 6.45) is -4.22. The van der Waals surface area contributed by atoms with Gasteiger partial charge >= 0.3 is 6.18 Å². The lowest BCUT2D eigenvalue weighted by atomic mass is 9.94. The molecule has 4 rings (SSSR count). The lowest BCUT2D eigenvalue weighted by Gasteiger charge is -2.36. The number of nitrogens with one attached hydrogen (secondary N) is 2. The van der Waals surface area contributed by atoms with Gasteiger partial charge in [0.1, 0.15) is 17.5 Å².